The smallest absolute Gasteiger partial charge is 0.322 e. The van der Waals surface area contributed by atoms with E-state index in [4.69, 9.17) is 0 Å². The van der Waals surface area contributed by atoms with Gasteiger partial charge in [0.25, 0.3) is 5.91 Å². The number of imide groups is 1. The minimum absolute atomic E-state index is 0.0432. The molecule has 8 nitrogen and oxygen atoms in total. The third kappa shape index (κ3) is 9.11. The number of unbranched alkanes of at least 4 members (excludes halogenated alkanes) is 7. The van der Waals surface area contributed by atoms with E-state index in [0.29, 0.717) is 24.1 Å². The van der Waals surface area contributed by atoms with Gasteiger partial charge in [0.15, 0.2) is 0 Å². The molecule has 0 saturated carbocycles. The first-order chi connectivity index (χ1) is 18.3. The van der Waals surface area contributed by atoms with E-state index in [1.165, 1.54) is 50.2 Å². The Balaban J connectivity index is 1.19. The first-order valence-corrected chi connectivity index (χ1v) is 13.8. The third-order valence-electron chi connectivity index (χ3n) is 7.23. The molecule has 1 aliphatic rings. The Kier molecular flexibility index (Phi) is 11.6. The second-order valence-corrected chi connectivity index (χ2v) is 10.6. The number of amides is 3. The fraction of sp³-hybridized carbons (Fsp3) is 0.533. The van der Waals surface area contributed by atoms with Crippen molar-refractivity contribution in [3.63, 3.8) is 0 Å². The van der Waals surface area contributed by atoms with Crippen LogP contribution in [-0.4, -0.2) is 45.9 Å². The average Bonchev–Trinajstić information content (AvgIpc) is 3.15. The third-order valence-corrected chi connectivity index (χ3v) is 7.23. The molecule has 38 heavy (non-hydrogen) atoms. The van der Waals surface area contributed by atoms with Crippen LogP contribution < -0.4 is 16.0 Å². The van der Waals surface area contributed by atoms with Crippen LogP contribution in [0.25, 0.3) is 0 Å². The van der Waals surface area contributed by atoms with Crippen LogP contribution in [0.5, 0.6) is 5.75 Å². The van der Waals surface area contributed by atoms with E-state index < -0.39 is 17.7 Å². The van der Waals surface area contributed by atoms with Gasteiger partial charge in [-0.25, -0.2) is 4.79 Å². The highest BCUT2D eigenvalue weighted by Gasteiger charge is 2.41. The number of nitrogens with one attached hydrogen (secondary N) is 3. The predicted octanol–water partition coefficient (Wildman–Crippen LogP) is 4.01. The molecule has 0 radical (unpaired) electrons. The summed E-state index contributed by atoms with van der Waals surface area (Å²) in [6, 6.07) is 12.7. The molecule has 2 aromatic carbocycles. The van der Waals surface area contributed by atoms with Gasteiger partial charge in [-0.1, -0.05) is 68.9 Å². The maximum Gasteiger partial charge on any atom is 0.322 e. The van der Waals surface area contributed by atoms with Crippen molar-refractivity contribution in [2.45, 2.75) is 89.4 Å². The van der Waals surface area contributed by atoms with Gasteiger partial charge in [-0.2, -0.15) is 0 Å². The minimum Gasteiger partial charge on any atom is -0.508 e. The second-order valence-electron chi connectivity index (χ2n) is 10.6. The Hall–Kier alpha value is -2.94. The number of urea groups is 1. The molecule has 0 aromatic heterocycles. The Bertz CT molecular complexity index is 1060. The van der Waals surface area contributed by atoms with E-state index in [9.17, 15) is 24.9 Å². The Morgan fingerprint density at radius 2 is 1.61 bits per heavy atom. The van der Waals surface area contributed by atoms with E-state index in [1.54, 1.807) is 19.1 Å². The van der Waals surface area contributed by atoms with E-state index >= 15 is 0 Å². The number of benzene rings is 2. The van der Waals surface area contributed by atoms with Crippen molar-refractivity contribution < 1.29 is 24.9 Å². The number of hydrogen-bond donors (Lipinski definition) is 6. The highest BCUT2D eigenvalue weighted by molar-refractivity contribution is 6.06. The quantitative estimate of drug-likeness (QED) is 0.137. The molecule has 0 unspecified atom stereocenters. The van der Waals surface area contributed by atoms with Gasteiger partial charge in [0.2, 0.25) is 0 Å². The van der Waals surface area contributed by atoms with Crippen LogP contribution in [0.1, 0.15) is 86.6 Å². The fourth-order valence-corrected chi connectivity index (χ4v) is 4.94. The largest absolute Gasteiger partial charge is 0.508 e. The van der Waals surface area contributed by atoms with Crippen molar-refractivity contribution in [3.8, 4) is 5.75 Å². The lowest BCUT2D eigenvalue weighted by molar-refractivity contribution is -0.123. The number of carbonyl (C=O) groups excluding carboxylic acids is 2. The molecule has 0 spiro atoms. The van der Waals surface area contributed by atoms with Gasteiger partial charge in [-0.15, -0.1) is 0 Å². The van der Waals surface area contributed by atoms with Crippen molar-refractivity contribution in [2.24, 2.45) is 0 Å². The summed E-state index contributed by atoms with van der Waals surface area (Å²) in [6.07, 6.45) is 10.4. The molecule has 8 heteroatoms. The molecule has 3 amide bonds. The first kappa shape index (κ1) is 29.6. The first-order valence-electron chi connectivity index (χ1n) is 13.8. The second kappa shape index (κ2) is 14.9. The zero-order chi connectivity index (χ0) is 27.4. The van der Waals surface area contributed by atoms with Gasteiger partial charge in [-0.3, -0.25) is 10.1 Å². The highest BCUT2D eigenvalue weighted by Crippen LogP contribution is 2.22. The maximum absolute atomic E-state index is 12.1. The molecule has 1 saturated heterocycles. The predicted molar refractivity (Wildman–Crippen MR) is 148 cm³/mol. The zero-order valence-corrected chi connectivity index (χ0v) is 22.5. The van der Waals surface area contributed by atoms with Gasteiger partial charge in [0.05, 0.1) is 12.7 Å². The molecule has 0 bridgehead atoms. The monoisotopic (exact) mass is 525 g/mol. The van der Waals surface area contributed by atoms with E-state index in [-0.39, 0.29) is 18.3 Å². The van der Waals surface area contributed by atoms with Crippen molar-refractivity contribution >= 4 is 11.9 Å². The normalized spacial score (nSPS) is 17.9. The number of carbonyl (C=O) groups is 2. The number of aliphatic hydroxyl groups excluding tert-OH is 2. The van der Waals surface area contributed by atoms with Crippen LogP contribution in [0.3, 0.4) is 0 Å². The van der Waals surface area contributed by atoms with Crippen LogP contribution >= 0.6 is 0 Å². The van der Waals surface area contributed by atoms with Crippen LogP contribution in [0.15, 0.2) is 42.5 Å². The lowest BCUT2D eigenvalue weighted by atomic mass is 9.91. The summed E-state index contributed by atoms with van der Waals surface area (Å²) in [5, 5.41) is 37.5. The summed E-state index contributed by atoms with van der Waals surface area (Å²) in [5.74, 6) is -0.229. The topological polar surface area (TPSA) is 131 Å². The fourth-order valence-electron chi connectivity index (χ4n) is 4.94. The van der Waals surface area contributed by atoms with Crippen molar-refractivity contribution in [3.05, 3.63) is 64.7 Å². The van der Waals surface area contributed by atoms with Gasteiger partial charge < -0.3 is 26.0 Å². The number of aromatic hydroxyl groups is 1. The lowest BCUT2D eigenvalue weighted by Crippen LogP contribution is -2.45. The molecule has 1 aliphatic heterocycles. The lowest BCUT2D eigenvalue weighted by Gasteiger charge is -2.20. The molecular formula is C30H43N3O5. The number of aryl methyl sites for hydroxylation is 1. The number of rotatable bonds is 17. The molecular weight excluding hydrogens is 482 g/mol. The molecule has 3 rings (SSSR count). The van der Waals surface area contributed by atoms with Gasteiger partial charge >= 0.3 is 6.03 Å². The summed E-state index contributed by atoms with van der Waals surface area (Å²) in [6.45, 7) is 2.81. The molecule has 2 aromatic rings. The van der Waals surface area contributed by atoms with Crippen LogP contribution in [0, 0.1) is 0 Å². The number of hydrogen-bond acceptors (Lipinski definition) is 6. The molecule has 6 N–H and O–H groups in total. The van der Waals surface area contributed by atoms with E-state index in [0.717, 1.165) is 31.4 Å². The molecule has 1 fully saturated rings. The van der Waals surface area contributed by atoms with E-state index in [2.05, 4.69) is 28.1 Å². The van der Waals surface area contributed by atoms with Gasteiger partial charge in [0, 0.05) is 18.5 Å². The summed E-state index contributed by atoms with van der Waals surface area (Å²) < 4.78 is 0. The van der Waals surface area contributed by atoms with Crippen molar-refractivity contribution in [1.29, 1.82) is 0 Å². The Morgan fingerprint density at radius 1 is 0.921 bits per heavy atom. The maximum atomic E-state index is 12.1. The Labute approximate surface area is 225 Å². The van der Waals surface area contributed by atoms with Crippen LogP contribution in [-0.2, 0) is 24.2 Å². The molecule has 0 aliphatic carbocycles. The number of aliphatic hydroxyl groups is 2. The summed E-state index contributed by atoms with van der Waals surface area (Å²) in [5.41, 5.74) is 2.56. The molecule has 1 heterocycles. The van der Waals surface area contributed by atoms with Crippen molar-refractivity contribution in [2.75, 3.05) is 13.1 Å². The number of phenols is 1. The average molecular weight is 526 g/mol. The van der Waals surface area contributed by atoms with Crippen LogP contribution in [0.2, 0.25) is 0 Å². The SMILES string of the molecule is C[C@]1(Cc2cccc(CCCCCCCCCCNC[C@H](O)c3ccc(O)c(CO)c3)c2)NC(=O)NC1=O. The van der Waals surface area contributed by atoms with E-state index in [1.807, 2.05) is 12.1 Å². The Morgan fingerprint density at radius 3 is 2.29 bits per heavy atom. The summed E-state index contributed by atoms with van der Waals surface area (Å²) in [4.78, 5) is 23.5. The minimum atomic E-state index is -0.883. The molecule has 2 atom stereocenters. The molecule has 208 valence electrons. The van der Waals surface area contributed by atoms with Crippen molar-refractivity contribution in [1.82, 2.24) is 16.0 Å². The van der Waals surface area contributed by atoms with Gasteiger partial charge in [-0.05, 0) is 61.6 Å². The summed E-state index contributed by atoms with van der Waals surface area (Å²) >= 11 is 0. The summed E-state index contributed by atoms with van der Waals surface area (Å²) in [7, 11) is 0. The standard InChI is InChI=1S/C30H43N3O5/c1-30(28(37)32-29(38)33-30)19-23-13-10-12-22(17-23)11-8-6-4-2-3-5-7-9-16-31-20-27(36)24-14-15-26(35)25(18-24)21-34/h10,12-15,17-18,27,31,34-36H,2-9,11,16,19-21H2,1H3,(H2,32,33,37,38)/t27-,30+/m0/s1. The highest BCUT2D eigenvalue weighted by atomic mass is 16.3. The van der Waals surface area contributed by atoms with Gasteiger partial charge in [0.1, 0.15) is 11.3 Å². The zero-order valence-electron chi connectivity index (χ0n) is 22.5. The van der Waals surface area contributed by atoms with Crippen LogP contribution in [0.4, 0.5) is 4.79 Å².